The van der Waals surface area contributed by atoms with Gasteiger partial charge in [-0.1, -0.05) is 11.6 Å². The molecular formula is C14H10ClFN4. The summed E-state index contributed by atoms with van der Waals surface area (Å²) in [5.41, 5.74) is 7.76. The predicted molar refractivity (Wildman–Crippen MR) is 76.9 cm³/mol. The van der Waals surface area contributed by atoms with Crippen LogP contribution in [0.2, 0.25) is 5.02 Å². The first kappa shape index (κ1) is 12.7. The number of rotatable bonds is 1. The predicted octanol–water partition coefficient (Wildman–Crippen LogP) is 3.37. The highest BCUT2D eigenvalue weighted by Gasteiger charge is 2.12. The van der Waals surface area contributed by atoms with Crippen LogP contribution in [0.25, 0.3) is 22.2 Å². The number of halogens is 2. The normalized spacial score (nSPS) is 10.9. The van der Waals surface area contributed by atoms with Crippen molar-refractivity contribution in [2.45, 2.75) is 6.92 Å². The van der Waals surface area contributed by atoms with Gasteiger partial charge < -0.3 is 5.73 Å². The van der Waals surface area contributed by atoms with Crippen molar-refractivity contribution in [2.75, 3.05) is 5.73 Å². The van der Waals surface area contributed by atoms with Crippen molar-refractivity contribution in [3.05, 3.63) is 47.0 Å². The van der Waals surface area contributed by atoms with E-state index in [9.17, 15) is 4.39 Å². The van der Waals surface area contributed by atoms with E-state index in [4.69, 9.17) is 17.3 Å². The van der Waals surface area contributed by atoms with Crippen molar-refractivity contribution in [1.29, 1.82) is 0 Å². The maximum Gasteiger partial charge on any atom is 0.220 e. The van der Waals surface area contributed by atoms with E-state index >= 15 is 0 Å². The molecule has 0 aliphatic rings. The zero-order chi connectivity index (χ0) is 14.3. The van der Waals surface area contributed by atoms with Crippen LogP contribution < -0.4 is 5.73 Å². The van der Waals surface area contributed by atoms with Crippen molar-refractivity contribution in [2.24, 2.45) is 0 Å². The third kappa shape index (κ3) is 2.06. The van der Waals surface area contributed by atoms with Crippen molar-refractivity contribution in [3.63, 3.8) is 0 Å². The summed E-state index contributed by atoms with van der Waals surface area (Å²) in [5.74, 6) is -0.331. The Bertz CT molecular complexity index is 820. The highest BCUT2D eigenvalue weighted by molar-refractivity contribution is 6.33. The maximum atomic E-state index is 14.2. The molecule has 2 N–H and O–H groups in total. The number of aryl methyl sites for hydroxylation is 1. The Hall–Kier alpha value is -2.27. The third-order valence-electron chi connectivity index (χ3n) is 3.05. The Morgan fingerprint density at radius 1 is 1.25 bits per heavy atom. The fourth-order valence-electron chi connectivity index (χ4n) is 2.06. The molecule has 3 aromatic rings. The van der Waals surface area contributed by atoms with Gasteiger partial charge >= 0.3 is 0 Å². The van der Waals surface area contributed by atoms with E-state index in [0.29, 0.717) is 21.8 Å². The van der Waals surface area contributed by atoms with Gasteiger partial charge in [0.2, 0.25) is 5.95 Å². The van der Waals surface area contributed by atoms with Gasteiger partial charge in [-0.3, -0.25) is 4.98 Å². The molecule has 0 saturated carbocycles. The molecule has 0 unspecified atom stereocenters. The summed E-state index contributed by atoms with van der Waals surface area (Å²) < 4.78 is 14.2. The second-order valence-electron chi connectivity index (χ2n) is 4.41. The van der Waals surface area contributed by atoms with Crippen LogP contribution in [0.15, 0.2) is 30.6 Å². The molecular weight excluding hydrogens is 279 g/mol. The van der Waals surface area contributed by atoms with Gasteiger partial charge in [-0.25, -0.2) is 14.4 Å². The van der Waals surface area contributed by atoms with Crippen LogP contribution in [0.4, 0.5) is 10.3 Å². The van der Waals surface area contributed by atoms with E-state index in [1.807, 2.05) is 13.0 Å². The fourth-order valence-corrected chi connectivity index (χ4v) is 2.26. The lowest BCUT2D eigenvalue weighted by Crippen LogP contribution is -1.97. The molecule has 2 aromatic heterocycles. The van der Waals surface area contributed by atoms with Crippen molar-refractivity contribution >= 4 is 28.5 Å². The van der Waals surface area contributed by atoms with Gasteiger partial charge in [0.25, 0.3) is 0 Å². The van der Waals surface area contributed by atoms with Crippen LogP contribution in [0.3, 0.4) is 0 Å². The zero-order valence-corrected chi connectivity index (χ0v) is 11.3. The van der Waals surface area contributed by atoms with E-state index < -0.39 is 5.82 Å². The van der Waals surface area contributed by atoms with Crippen LogP contribution >= 0.6 is 11.6 Å². The number of anilines is 1. The molecule has 0 fully saturated rings. The first-order valence-corrected chi connectivity index (χ1v) is 6.27. The Kier molecular flexibility index (Phi) is 2.99. The number of aromatic nitrogens is 3. The average Bonchev–Trinajstić information content (AvgIpc) is 2.42. The minimum Gasteiger partial charge on any atom is -0.368 e. The number of nitrogen functional groups attached to an aromatic ring is 1. The van der Waals surface area contributed by atoms with Crippen LogP contribution in [0.5, 0.6) is 0 Å². The van der Waals surface area contributed by atoms with E-state index in [1.54, 1.807) is 12.3 Å². The summed E-state index contributed by atoms with van der Waals surface area (Å²) in [5, 5.41) is 1.04. The smallest absolute Gasteiger partial charge is 0.220 e. The molecule has 0 spiro atoms. The van der Waals surface area contributed by atoms with Gasteiger partial charge in [0, 0.05) is 17.1 Å². The molecule has 3 rings (SSSR count). The molecule has 100 valence electrons. The minimum atomic E-state index is -0.422. The monoisotopic (exact) mass is 288 g/mol. The zero-order valence-electron chi connectivity index (χ0n) is 10.6. The van der Waals surface area contributed by atoms with E-state index in [-0.39, 0.29) is 5.95 Å². The summed E-state index contributed by atoms with van der Waals surface area (Å²) in [6.45, 7) is 1.89. The first-order valence-electron chi connectivity index (χ1n) is 5.89. The molecule has 0 saturated heterocycles. The SMILES string of the molecule is Cc1ccnc2c(F)cc(-c3nc(N)ncc3Cl)cc12. The van der Waals surface area contributed by atoms with Crippen molar-refractivity contribution in [3.8, 4) is 11.3 Å². The molecule has 0 atom stereocenters. The molecule has 0 aliphatic carbocycles. The molecule has 1 aromatic carbocycles. The maximum absolute atomic E-state index is 14.2. The largest absolute Gasteiger partial charge is 0.368 e. The second kappa shape index (κ2) is 4.68. The van der Waals surface area contributed by atoms with Gasteiger partial charge in [0.1, 0.15) is 11.3 Å². The van der Waals surface area contributed by atoms with E-state index in [0.717, 1.165) is 10.9 Å². The lowest BCUT2D eigenvalue weighted by atomic mass is 10.0. The molecule has 0 aliphatic heterocycles. The van der Waals surface area contributed by atoms with Gasteiger partial charge in [0.05, 0.1) is 16.9 Å². The number of pyridine rings is 1. The highest BCUT2D eigenvalue weighted by Crippen LogP contribution is 2.30. The van der Waals surface area contributed by atoms with Crippen LogP contribution in [-0.2, 0) is 0 Å². The minimum absolute atomic E-state index is 0.0906. The highest BCUT2D eigenvalue weighted by atomic mass is 35.5. The molecule has 20 heavy (non-hydrogen) atoms. The molecule has 6 heteroatoms. The Labute approximate surface area is 119 Å². The van der Waals surface area contributed by atoms with Gasteiger partial charge in [-0.15, -0.1) is 0 Å². The molecule has 2 heterocycles. The van der Waals surface area contributed by atoms with Crippen molar-refractivity contribution in [1.82, 2.24) is 15.0 Å². The summed E-state index contributed by atoms with van der Waals surface area (Å²) in [6.07, 6.45) is 2.98. The Morgan fingerprint density at radius 3 is 2.85 bits per heavy atom. The Morgan fingerprint density at radius 2 is 2.05 bits per heavy atom. The number of hydrogen-bond acceptors (Lipinski definition) is 4. The number of fused-ring (bicyclic) bond motifs is 1. The summed E-state index contributed by atoms with van der Waals surface area (Å²) >= 11 is 6.06. The molecule has 0 radical (unpaired) electrons. The van der Waals surface area contributed by atoms with Gasteiger partial charge in [-0.05, 0) is 30.7 Å². The van der Waals surface area contributed by atoms with Crippen LogP contribution in [-0.4, -0.2) is 15.0 Å². The number of nitrogens with two attached hydrogens (primary N) is 1. The Balaban J connectivity index is 2.32. The topological polar surface area (TPSA) is 64.7 Å². The number of nitrogens with zero attached hydrogens (tertiary/aromatic N) is 3. The lowest BCUT2D eigenvalue weighted by molar-refractivity contribution is 0.637. The summed E-state index contributed by atoms with van der Waals surface area (Å²) in [7, 11) is 0. The molecule has 4 nitrogen and oxygen atoms in total. The van der Waals surface area contributed by atoms with E-state index in [2.05, 4.69) is 15.0 Å². The summed E-state index contributed by atoms with van der Waals surface area (Å²) in [6, 6.07) is 4.97. The molecule has 0 amide bonds. The number of hydrogen-bond donors (Lipinski definition) is 1. The quantitative estimate of drug-likeness (QED) is 0.745. The fraction of sp³-hybridized carbons (Fsp3) is 0.0714. The summed E-state index contributed by atoms with van der Waals surface area (Å²) in [4.78, 5) is 11.9. The average molecular weight is 289 g/mol. The second-order valence-corrected chi connectivity index (χ2v) is 4.81. The standard InChI is InChI=1S/C14H10ClFN4/c1-7-2-3-18-13-9(7)4-8(5-11(13)16)12-10(15)6-19-14(17)20-12/h2-6H,1H3,(H2,17,19,20). The third-order valence-corrected chi connectivity index (χ3v) is 3.33. The van der Waals surface area contributed by atoms with Crippen LogP contribution in [0, 0.1) is 12.7 Å². The van der Waals surface area contributed by atoms with E-state index in [1.165, 1.54) is 12.3 Å². The van der Waals surface area contributed by atoms with Crippen molar-refractivity contribution < 1.29 is 4.39 Å². The van der Waals surface area contributed by atoms with Gasteiger partial charge in [-0.2, -0.15) is 0 Å². The lowest BCUT2D eigenvalue weighted by Gasteiger charge is -2.08. The number of benzene rings is 1. The van der Waals surface area contributed by atoms with Gasteiger partial charge in [0.15, 0.2) is 0 Å². The first-order chi connectivity index (χ1) is 9.56. The van der Waals surface area contributed by atoms with Crippen LogP contribution in [0.1, 0.15) is 5.56 Å². The molecule has 0 bridgehead atoms.